The molecule has 1 unspecified atom stereocenters. The summed E-state index contributed by atoms with van der Waals surface area (Å²) in [6.07, 6.45) is 3.02. The van der Waals surface area contributed by atoms with E-state index in [1.54, 1.807) is 29.3 Å². The predicted molar refractivity (Wildman–Crippen MR) is 104 cm³/mol. The molecule has 0 bridgehead atoms. The smallest absolute Gasteiger partial charge is 0.319 e. The molecule has 1 aromatic heterocycles. The van der Waals surface area contributed by atoms with Gasteiger partial charge in [-0.25, -0.2) is 4.98 Å². The van der Waals surface area contributed by atoms with E-state index in [1.807, 2.05) is 0 Å². The Balaban J connectivity index is 1.77. The lowest BCUT2D eigenvalue weighted by molar-refractivity contribution is 0.0522. The van der Waals surface area contributed by atoms with Crippen LogP contribution in [0.25, 0.3) is 0 Å². The number of methoxy groups -OCH3 is 4. The number of hydrogen-bond acceptors (Lipinski definition) is 8. The van der Waals surface area contributed by atoms with Crippen molar-refractivity contribution >= 4 is 5.91 Å². The molecule has 0 aliphatic carbocycles. The Morgan fingerprint density at radius 2 is 1.83 bits per heavy atom. The summed E-state index contributed by atoms with van der Waals surface area (Å²) in [6.45, 7) is 1.06. The van der Waals surface area contributed by atoms with Crippen LogP contribution in [0.3, 0.4) is 0 Å². The summed E-state index contributed by atoms with van der Waals surface area (Å²) in [4.78, 5) is 23.1. The fourth-order valence-corrected chi connectivity index (χ4v) is 3.32. The van der Waals surface area contributed by atoms with Crippen LogP contribution in [0.5, 0.6) is 29.1 Å². The Hall–Kier alpha value is -3.23. The van der Waals surface area contributed by atoms with E-state index >= 15 is 0 Å². The predicted octanol–water partition coefficient (Wildman–Crippen LogP) is 2.19. The molecule has 1 amide bonds. The number of benzene rings is 1. The van der Waals surface area contributed by atoms with Crippen LogP contribution in [0.15, 0.2) is 24.4 Å². The van der Waals surface area contributed by atoms with Crippen LogP contribution in [0, 0.1) is 0 Å². The van der Waals surface area contributed by atoms with Gasteiger partial charge in [-0.3, -0.25) is 4.79 Å². The van der Waals surface area contributed by atoms with E-state index in [0.717, 1.165) is 12.8 Å². The normalized spacial score (nSPS) is 16.1. The van der Waals surface area contributed by atoms with Gasteiger partial charge in [0.25, 0.3) is 5.91 Å². The molecular weight excluding hydrogens is 378 g/mol. The van der Waals surface area contributed by atoms with Gasteiger partial charge in [0, 0.05) is 18.8 Å². The second-order valence-corrected chi connectivity index (χ2v) is 6.40. The van der Waals surface area contributed by atoms with Crippen molar-refractivity contribution in [3.05, 3.63) is 30.0 Å². The number of amides is 1. The second-order valence-electron chi connectivity index (χ2n) is 6.40. The first kappa shape index (κ1) is 20.5. The van der Waals surface area contributed by atoms with Crippen molar-refractivity contribution < 1.29 is 28.5 Å². The quantitative estimate of drug-likeness (QED) is 0.695. The molecule has 9 heteroatoms. The van der Waals surface area contributed by atoms with E-state index < -0.39 is 0 Å². The summed E-state index contributed by atoms with van der Waals surface area (Å²) in [6, 6.07) is 5.28. The van der Waals surface area contributed by atoms with Gasteiger partial charge in [0.05, 0.1) is 40.5 Å². The number of likely N-dealkylation sites (tertiary alicyclic amines) is 1. The van der Waals surface area contributed by atoms with Crippen LogP contribution in [-0.2, 0) is 0 Å². The number of aromatic nitrogens is 2. The molecular formula is C20H25N3O6. The first-order valence-corrected chi connectivity index (χ1v) is 9.23. The highest BCUT2D eigenvalue weighted by molar-refractivity contribution is 5.98. The highest BCUT2D eigenvalue weighted by Crippen LogP contribution is 2.40. The van der Waals surface area contributed by atoms with Gasteiger partial charge in [0.1, 0.15) is 6.10 Å². The average Bonchev–Trinajstić information content (AvgIpc) is 2.77. The molecule has 2 aromatic rings. The zero-order valence-electron chi connectivity index (χ0n) is 17.0. The molecule has 3 rings (SSSR count). The number of hydrogen-bond donors (Lipinski definition) is 0. The first-order chi connectivity index (χ1) is 14.1. The molecule has 1 saturated heterocycles. The summed E-state index contributed by atoms with van der Waals surface area (Å²) in [5, 5.41) is 0. The number of carbonyl (C=O) groups is 1. The van der Waals surface area contributed by atoms with Crippen LogP contribution in [0.2, 0.25) is 0 Å². The van der Waals surface area contributed by atoms with Crippen LogP contribution in [-0.4, -0.2) is 68.4 Å². The van der Waals surface area contributed by atoms with Gasteiger partial charge >= 0.3 is 6.01 Å². The third-order valence-corrected chi connectivity index (χ3v) is 4.68. The standard InChI is InChI=1S/C20H25N3O6/c1-25-15-8-7-14(17(26-2)18(15)27-3)19(24)23-11-5-6-13(12-23)29-16-9-10-21-20(22-16)28-4/h7-10,13H,5-6,11-12H2,1-4H3. The van der Waals surface area contributed by atoms with Crippen molar-refractivity contribution in [1.82, 2.24) is 14.9 Å². The van der Waals surface area contributed by atoms with Crippen molar-refractivity contribution in [2.24, 2.45) is 0 Å². The number of nitrogens with zero attached hydrogens (tertiary/aromatic N) is 3. The molecule has 0 saturated carbocycles. The summed E-state index contributed by atoms with van der Waals surface area (Å²) in [5.41, 5.74) is 0.412. The minimum absolute atomic E-state index is 0.156. The minimum Gasteiger partial charge on any atom is -0.493 e. The molecule has 1 fully saturated rings. The Morgan fingerprint density at radius 1 is 1.03 bits per heavy atom. The lowest BCUT2D eigenvalue weighted by Crippen LogP contribution is -2.44. The van der Waals surface area contributed by atoms with Gasteiger partial charge in [-0.05, 0) is 25.0 Å². The molecule has 0 spiro atoms. The highest BCUT2D eigenvalue weighted by atomic mass is 16.5. The molecule has 0 radical (unpaired) electrons. The van der Waals surface area contributed by atoms with Crippen LogP contribution in [0.4, 0.5) is 0 Å². The largest absolute Gasteiger partial charge is 0.493 e. The zero-order valence-corrected chi connectivity index (χ0v) is 17.0. The third kappa shape index (κ3) is 4.44. The summed E-state index contributed by atoms with van der Waals surface area (Å²) in [5.74, 6) is 1.49. The topological polar surface area (TPSA) is 92.2 Å². The van der Waals surface area contributed by atoms with E-state index in [2.05, 4.69) is 9.97 Å². The Kier molecular flexibility index (Phi) is 6.58. The van der Waals surface area contributed by atoms with Gasteiger partial charge in [0.15, 0.2) is 11.5 Å². The SMILES string of the molecule is COc1nccc(OC2CCCN(C(=O)c3ccc(OC)c(OC)c3OC)C2)n1. The average molecular weight is 403 g/mol. The van der Waals surface area contributed by atoms with Gasteiger partial charge < -0.3 is 28.6 Å². The Morgan fingerprint density at radius 3 is 2.52 bits per heavy atom. The fraction of sp³-hybridized carbons (Fsp3) is 0.450. The molecule has 0 N–H and O–H groups in total. The molecule has 1 atom stereocenters. The molecule has 1 aliphatic heterocycles. The molecule has 1 aromatic carbocycles. The fourth-order valence-electron chi connectivity index (χ4n) is 3.32. The van der Waals surface area contributed by atoms with Crippen molar-refractivity contribution in [2.75, 3.05) is 41.5 Å². The molecule has 9 nitrogen and oxygen atoms in total. The Bertz CT molecular complexity index is 860. The third-order valence-electron chi connectivity index (χ3n) is 4.68. The summed E-state index contributed by atoms with van der Waals surface area (Å²) < 4.78 is 27.1. The number of ether oxygens (including phenoxy) is 5. The second kappa shape index (κ2) is 9.31. The minimum atomic E-state index is -0.182. The molecule has 2 heterocycles. The highest BCUT2D eigenvalue weighted by Gasteiger charge is 2.29. The van der Waals surface area contributed by atoms with E-state index in [0.29, 0.717) is 41.8 Å². The number of piperidine rings is 1. The molecule has 156 valence electrons. The van der Waals surface area contributed by atoms with E-state index in [-0.39, 0.29) is 18.0 Å². The lowest BCUT2D eigenvalue weighted by atomic mass is 10.1. The zero-order chi connectivity index (χ0) is 20.8. The van der Waals surface area contributed by atoms with Crippen molar-refractivity contribution in [2.45, 2.75) is 18.9 Å². The summed E-state index contributed by atoms with van der Waals surface area (Å²) in [7, 11) is 6.04. The summed E-state index contributed by atoms with van der Waals surface area (Å²) >= 11 is 0. The first-order valence-electron chi connectivity index (χ1n) is 9.23. The van der Waals surface area contributed by atoms with Crippen LogP contribution < -0.4 is 23.7 Å². The number of rotatable bonds is 7. The van der Waals surface area contributed by atoms with Crippen molar-refractivity contribution in [3.63, 3.8) is 0 Å². The Labute approximate surface area is 169 Å². The van der Waals surface area contributed by atoms with Gasteiger partial charge in [0.2, 0.25) is 11.6 Å². The molecule has 29 heavy (non-hydrogen) atoms. The molecule has 1 aliphatic rings. The van der Waals surface area contributed by atoms with Crippen molar-refractivity contribution in [3.8, 4) is 29.1 Å². The van der Waals surface area contributed by atoms with Gasteiger partial charge in [-0.1, -0.05) is 0 Å². The maximum atomic E-state index is 13.2. The van der Waals surface area contributed by atoms with Gasteiger partial charge in [-0.2, -0.15) is 4.98 Å². The lowest BCUT2D eigenvalue weighted by Gasteiger charge is -2.33. The van der Waals surface area contributed by atoms with Crippen molar-refractivity contribution in [1.29, 1.82) is 0 Å². The van der Waals surface area contributed by atoms with Gasteiger partial charge in [-0.15, -0.1) is 0 Å². The van der Waals surface area contributed by atoms with Crippen LogP contribution >= 0.6 is 0 Å². The monoisotopic (exact) mass is 403 g/mol. The van der Waals surface area contributed by atoms with E-state index in [4.69, 9.17) is 23.7 Å². The van der Waals surface area contributed by atoms with E-state index in [9.17, 15) is 4.79 Å². The van der Waals surface area contributed by atoms with E-state index in [1.165, 1.54) is 28.4 Å². The number of carbonyl (C=O) groups excluding carboxylic acids is 1. The maximum absolute atomic E-state index is 13.2. The van der Waals surface area contributed by atoms with Crippen LogP contribution in [0.1, 0.15) is 23.2 Å². The maximum Gasteiger partial charge on any atom is 0.319 e.